The largest absolute Gasteiger partial charge is 0.395 e. The number of amides is 1. The van der Waals surface area contributed by atoms with Crippen molar-refractivity contribution in [3.05, 3.63) is 42.0 Å². The molecule has 0 heterocycles. The minimum Gasteiger partial charge on any atom is -0.395 e. The number of rotatable bonds is 7. The molecule has 1 aromatic carbocycles. The summed E-state index contributed by atoms with van der Waals surface area (Å²) in [4.78, 5) is 14.4. The van der Waals surface area contributed by atoms with Crippen LogP contribution in [-0.2, 0) is 9.53 Å². The first-order valence-electron chi connectivity index (χ1n) is 8.38. The van der Waals surface area contributed by atoms with Crippen LogP contribution in [0.3, 0.4) is 0 Å². The number of ether oxygens (including phenoxy) is 1. The Hall–Kier alpha value is -1.65. The second-order valence-corrected chi connectivity index (χ2v) is 6.03. The average molecular weight is 317 g/mol. The number of carbonyl (C=O) groups excluding carboxylic acids is 1. The Balaban J connectivity index is 1.89. The first-order valence-corrected chi connectivity index (χ1v) is 8.38. The number of carbonyl (C=O) groups is 1. The Morgan fingerprint density at radius 1 is 1.26 bits per heavy atom. The zero-order chi connectivity index (χ0) is 16.5. The van der Waals surface area contributed by atoms with E-state index in [0.29, 0.717) is 19.2 Å². The highest BCUT2D eigenvalue weighted by Crippen LogP contribution is 2.27. The van der Waals surface area contributed by atoms with Gasteiger partial charge in [-0.15, -0.1) is 0 Å². The average Bonchev–Trinajstić information content (AvgIpc) is 2.61. The SMILES string of the molecule is COC1CCC(C(=O)N(CC=Cc2ccccc2)CCO)CC1. The lowest BCUT2D eigenvalue weighted by molar-refractivity contribution is -0.137. The van der Waals surface area contributed by atoms with Gasteiger partial charge >= 0.3 is 0 Å². The molecule has 0 atom stereocenters. The van der Waals surface area contributed by atoms with Gasteiger partial charge in [0.15, 0.2) is 0 Å². The van der Waals surface area contributed by atoms with Crippen LogP contribution in [0.2, 0.25) is 0 Å². The van der Waals surface area contributed by atoms with Crippen molar-refractivity contribution < 1.29 is 14.6 Å². The predicted molar refractivity (Wildman–Crippen MR) is 91.9 cm³/mol. The normalized spacial score (nSPS) is 21.5. The number of aliphatic hydroxyl groups is 1. The van der Waals surface area contributed by atoms with Gasteiger partial charge in [-0.05, 0) is 31.2 Å². The fourth-order valence-corrected chi connectivity index (χ4v) is 3.10. The molecule has 126 valence electrons. The molecule has 0 unspecified atom stereocenters. The van der Waals surface area contributed by atoms with Crippen molar-refractivity contribution in [2.75, 3.05) is 26.8 Å². The topological polar surface area (TPSA) is 49.8 Å². The van der Waals surface area contributed by atoms with E-state index in [1.807, 2.05) is 42.5 Å². The zero-order valence-electron chi connectivity index (χ0n) is 13.9. The maximum Gasteiger partial charge on any atom is 0.226 e. The number of methoxy groups -OCH3 is 1. The Bertz CT molecular complexity index is 493. The fraction of sp³-hybridized carbons (Fsp3) is 0.526. The first-order chi connectivity index (χ1) is 11.2. The standard InChI is InChI=1S/C19H27NO3/c1-23-18-11-9-17(10-12-18)19(22)20(14-15-21)13-5-8-16-6-3-2-4-7-16/h2-8,17-18,21H,9-15H2,1H3. The highest BCUT2D eigenvalue weighted by Gasteiger charge is 2.28. The van der Waals surface area contributed by atoms with E-state index in [4.69, 9.17) is 4.74 Å². The molecule has 1 N–H and O–H groups in total. The Kier molecular flexibility index (Phi) is 7.30. The van der Waals surface area contributed by atoms with Crippen molar-refractivity contribution >= 4 is 12.0 Å². The second kappa shape index (κ2) is 9.48. The van der Waals surface area contributed by atoms with Gasteiger partial charge in [-0.3, -0.25) is 4.79 Å². The minimum atomic E-state index is -0.00165. The van der Waals surface area contributed by atoms with E-state index in [0.717, 1.165) is 31.2 Å². The van der Waals surface area contributed by atoms with Crippen LogP contribution < -0.4 is 0 Å². The summed E-state index contributed by atoms with van der Waals surface area (Å²) in [5.74, 6) is 0.226. The van der Waals surface area contributed by atoms with E-state index < -0.39 is 0 Å². The zero-order valence-corrected chi connectivity index (χ0v) is 13.9. The van der Waals surface area contributed by atoms with Gasteiger partial charge in [-0.2, -0.15) is 0 Å². The van der Waals surface area contributed by atoms with Crippen LogP contribution in [0, 0.1) is 5.92 Å². The molecule has 0 aliphatic heterocycles. The molecule has 1 saturated carbocycles. The van der Waals surface area contributed by atoms with Gasteiger partial charge in [0, 0.05) is 26.1 Å². The molecule has 23 heavy (non-hydrogen) atoms. The molecule has 1 aliphatic carbocycles. The molecule has 0 aromatic heterocycles. The molecule has 1 amide bonds. The third-order valence-corrected chi connectivity index (χ3v) is 4.47. The number of benzene rings is 1. The molecule has 1 fully saturated rings. The van der Waals surface area contributed by atoms with Gasteiger partial charge in [0.1, 0.15) is 0 Å². The van der Waals surface area contributed by atoms with Crippen molar-refractivity contribution in [3.63, 3.8) is 0 Å². The molecule has 2 rings (SSSR count). The summed E-state index contributed by atoms with van der Waals surface area (Å²) < 4.78 is 5.36. The highest BCUT2D eigenvalue weighted by atomic mass is 16.5. The van der Waals surface area contributed by atoms with Crippen LogP contribution in [0.4, 0.5) is 0 Å². The summed E-state index contributed by atoms with van der Waals surface area (Å²) in [6, 6.07) is 10.0. The lowest BCUT2D eigenvalue weighted by Crippen LogP contribution is -2.40. The van der Waals surface area contributed by atoms with E-state index in [1.54, 1.807) is 12.0 Å². The molecule has 0 saturated heterocycles. The van der Waals surface area contributed by atoms with E-state index in [2.05, 4.69) is 0 Å². The van der Waals surface area contributed by atoms with Crippen LogP contribution in [0.25, 0.3) is 6.08 Å². The molecular weight excluding hydrogens is 290 g/mol. The molecule has 0 bridgehead atoms. The van der Waals surface area contributed by atoms with Crippen LogP contribution in [-0.4, -0.2) is 48.8 Å². The molecule has 1 aromatic rings. The smallest absolute Gasteiger partial charge is 0.226 e. The van der Waals surface area contributed by atoms with E-state index >= 15 is 0 Å². The number of nitrogens with zero attached hydrogens (tertiary/aromatic N) is 1. The lowest BCUT2D eigenvalue weighted by Gasteiger charge is -2.31. The molecule has 0 radical (unpaired) electrons. The van der Waals surface area contributed by atoms with Crippen LogP contribution in [0.5, 0.6) is 0 Å². The summed E-state index contributed by atoms with van der Waals surface area (Å²) >= 11 is 0. The van der Waals surface area contributed by atoms with E-state index in [9.17, 15) is 9.90 Å². The lowest BCUT2D eigenvalue weighted by atomic mass is 9.86. The Morgan fingerprint density at radius 3 is 2.57 bits per heavy atom. The maximum absolute atomic E-state index is 12.7. The highest BCUT2D eigenvalue weighted by molar-refractivity contribution is 5.79. The van der Waals surface area contributed by atoms with Gasteiger partial charge in [0.25, 0.3) is 0 Å². The van der Waals surface area contributed by atoms with Gasteiger partial charge in [0.2, 0.25) is 5.91 Å². The van der Waals surface area contributed by atoms with Gasteiger partial charge < -0.3 is 14.7 Å². The second-order valence-electron chi connectivity index (χ2n) is 6.03. The van der Waals surface area contributed by atoms with Gasteiger partial charge in [-0.25, -0.2) is 0 Å². The summed E-state index contributed by atoms with van der Waals surface area (Å²) in [5.41, 5.74) is 1.12. The van der Waals surface area contributed by atoms with Crippen molar-refractivity contribution in [3.8, 4) is 0 Å². The van der Waals surface area contributed by atoms with Gasteiger partial charge in [-0.1, -0.05) is 42.5 Å². The van der Waals surface area contributed by atoms with Crippen LogP contribution in [0.15, 0.2) is 36.4 Å². The monoisotopic (exact) mass is 317 g/mol. The molecular formula is C19H27NO3. The Morgan fingerprint density at radius 2 is 1.96 bits per heavy atom. The van der Waals surface area contributed by atoms with Crippen molar-refractivity contribution in [2.24, 2.45) is 5.92 Å². The van der Waals surface area contributed by atoms with Crippen LogP contribution >= 0.6 is 0 Å². The fourth-order valence-electron chi connectivity index (χ4n) is 3.10. The van der Waals surface area contributed by atoms with E-state index in [-0.39, 0.29) is 18.4 Å². The number of aliphatic hydroxyl groups excluding tert-OH is 1. The maximum atomic E-state index is 12.7. The van der Waals surface area contributed by atoms with Crippen molar-refractivity contribution in [1.82, 2.24) is 4.90 Å². The number of hydrogen-bond acceptors (Lipinski definition) is 3. The summed E-state index contributed by atoms with van der Waals surface area (Å²) in [7, 11) is 1.74. The number of hydrogen-bond donors (Lipinski definition) is 1. The quantitative estimate of drug-likeness (QED) is 0.841. The molecule has 0 spiro atoms. The minimum absolute atomic E-state index is 0.00165. The summed E-state index contributed by atoms with van der Waals surface area (Å²) in [6.07, 6.45) is 7.94. The molecule has 4 nitrogen and oxygen atoms in total. The van der Waals surface area contributed by atoms with E-state index in [1.165, 1.54) is 0 Å². The van der Waals surface area contributed by atoms with Crippen molar-refractivity contribution in [2.45, 2.75) is 31.8 Å². The first kappa shape index (κ1) is 17.7. The molecule has 1 aliphatic rings. The Labute approximate surface area is 138 Å². The van der Waals surface area contributed by atoms with Crippen molar-refractivity contribution in [1.29, 1.82) is 0 Å². The third kappa shape index (κ3) is 5.48. The predicted octanol–water partition coefficient (Wildman–Crippen LogP) is 2.73. The summed E-state index contributed by atoms with van der Waals surface area (Å²) in [6.45, 7) is 0.930. The molecule has 4 heteroatoms. The van der Waals surface area contributed by atoms with Gasteiger partial charge in [0.05, 0.1) is 12.7 Å². The third-order valence-electron chi connectivity index (χ3n) is 4.47. The van der Waals surface area contributed by atoms with Crippen LogP contribution in [0.1, 0.15) is 31.2 Å². The summed E-state index contributed by atoms with van der Waals surface area (Å²) in [5, 5.41) is 9.24.